The van der Waals surface area contributed by atoms with E-state index in [2.05, 4.69) is 47.5 Å². The highest BCUT2D eigenvalue weighted by Crippen LogP contribution is 2.32. The smallest absolute Gasteiger partial charge is 0.254 e. The molecule has 0 aromatic heterocycles. The molecular weight excluding hydrogens is 398 g/mol. The molecule has 2 aliphatic rings. The predicted molar refractivity (Wildman–Crippen MR) is 128 cm³/mol. The summed E-state index contributed by atoms with van der Waals surface area (Å²) in [6.45, 7) is 5.85. The molecule has 32 heavy (non-hydrogen) atoms. The third kappa shape index (κ3) is 4.00. The van der Waals surface area contributed by atoms with E-state index in [0.29, 0.717) is 24.7 Å². The van der Waals surface area contributed by atoms with Gasteiger partial charge >= 0.3 is 0 Å². The van der Waals surface area contributed by atoms with Gasteiger partial charge in [0.05, 0.1) is 6.54 Å². The van der Waals surface area contributed by atoms with E-state index >= 15 is 0 Å². The molecule has 5 heteroatoms. The van der Waals surface area contributed by atoms with Gasteiger partial charge in [-0.25, -0.2) is 0 Å². The molecule has 3 aromatic rings. The lowest BCUT2D eigenvalue weighted by atomic mass is 9.95. The Kier molecular flexibility index (Phi) is 5.66. The Hall–Kier alpha value is -3.18. The number of nitrogens with one attached hydrogen (secondary N) is 1. The van der Waals surface area contributed by atoms with Crippen molar-refractivity contribution in [1.29, 1.82) is 0 Å². The van der Waals surface area contributed by atoms with E-state index in [1.54, 1.807) is 4.90 Å². The number of carbonyl (C=O) groups excluding carboxylic acids is 2. The second kappa shape index (κ2) is 8.75. The average Bonchev–Trinajstić information content (AvgIpc) is 3.37. The van der Waals surface area contributed by atoms with Crippen LogP contribution in [0.25, 0.3) is 21.9 Å². The minimum absolute atomic E-state index is 0.0904. The molecule has 164 valence electrons. The summed E-state index contributed by atoms with van der Waals surface area (Å²) < 4.78 is 0. The van der Waals surface area contributed by atoms with E-state index in [1.165, 1.54) is 42.6 Å². The van der Waals surface area contributed by atoms with Crippen molar-refractivity contribution in [2.45, 2.75) is 25.8 Å². The topological polar surface area (TPSA) is 52.7 Å². The maximum absolute atomic E-state index is 12.9. The SMILES string of the molecule is CC(c1ccc(-c2cccc3cc(C(=O)N4CCNC(=O)C4)ccc23)cc1)N1CCCC1. The van der Waals surface area contributed by atoms with E-state index in [4.69, 9.17) is 0 Å². The number of carbonyl (C=O) groups is 2. The number of nitrogens with zero attached hydrogens (tertiary/aromatic N) is 2. The van der Waals surface area contributed by atoms with Gasteiger partial charge in [-0.15, -0.1) is 0 Å². The number of hydrogen-bond acceptors (Lipinski definition) is 3. The summed E-state index contributed by atoms with van der Waals surface area (Å²) in [5, 5.41) is 4.92. The van der Waals surface area contributed by atoms with Crippen molar-refractivity contribution in [3.63, 3.8) is 0 Å². The molecule has 0 bridgehead atoms. The summed E-state index contributed by atoms with van der Waals surface area (Å²) in [5.41, 5.74) is 4.33. The van der Waals surface area contributed by atoms with Crippen molar-refractivity contribution in [3.05, 3.63) is 71.8 Å². The van der Waals surface area contributed by atoms with Gasteiger partial charge in [0.2, 0.25) is 5.91 Å². The molecule has 2 fully saturated rings. The quantitative estimate of drug-likeness (QED) is 0.678. The first-order chi connectivity index (χ1) is 15.6. The first-order valence-corrected chi connectivity index (χ1v) is 11.5. The zero-order chi connectivity index (χ0) is 22.1. The van der Waals surface area contributed by atoms with Crippen molar-refractivity contribution in [1.82, 2.24) is 15.1 Å². The van der Waals surface area contributed by atoms with Crippen LogP contribution < -0.4 is 5.32 Å². The van der Waals surface area contributed by atoms with Crippen LogP contribution in [0.2, 0.25) is 0 Å². The van der Waals surface area contributed by atoms with Crippen LogP contribution in [0.15, 0.2) is 60.7 Å². The number of benzene rings is 3. The molecule has 2 aliphatic heterocycles. The Morgan fingerprint density at radius 1 is 0.969 bits per heavy atom. The average molecular weight is 428 g/mol. The molecule has 2 amide bonds. The van der Waals surface area contributed by atoms with Crippen LogP contribution in [0.3, 0.4) is 0 Å². The zero-order valence-corrected chi connectivity index (χ0v) is 18.5. The molecule has 0 radical (unpaired) electrons. The highest BCUT2D eigenvalue weighted by atomic mass is 16.2. The van der Waals surface area contributed by atoms with Crippen molar-refractivity contribution >= 4 is 22.6 Å². The van der Waals surface area contributed by atoms with Crippen molar-refractivity contribution in [2.75, 3.05) is 32.7 Å². The number of likely N-dealkylation sites (tertiary alicyclic amines) is 1. The van der Waals surface area contributed by atoms with E-state index < -0.39 is 0 Å². The summed E-state index contributed by atoms with van der Waals surface area (Å²) in [6, 6.07) is 21.4. The van der Waals surface area contributed by atoms with Crippen LogP contribution in [0.4, 0.5) is 0 Å². The summed E-state index contributed by atoms with van der Waals surface area (Å²) in [6.07, 6.45) is 2.60. The second-order valence-corrected chi connectivity index (χ2v) is 8.86. The first-order valence-electron chi connectivity index (χ1n) is 11.5. The van der Waals surface area contributed by atoms with Gasteiger partial charge in [-0.1, -0.05) is 48.5 Å². The fourth-order valence-corrected chi connectivity index (χ4v) is 4.94. The highest BCUT2D eigenvalue weighted by Gasteiger charge is 2.23. The maximum Gasteiger partial charge on any atom is 0.254 e. The number of rotatable bonds is 4. The number of fused-ring (bicyclic) bond motifs is 1. The van der Waals surface area contributed by atoms with Gasteiger partial charge < -0.3 is 10.2 Å². The molecule has 0 aliphatic carbocycles. The Bertz CT molecular complexity index is 1150. The minimum atomic E-state index is -0.102. The number of hydrogen-bond donors (Lipinski definition) is 1. The van der Waals surface area contributed by atoms with Crippen molar-refractivity contribution < 1.29 is 9.59 Å². The van der Waals surface area contributed by atoms with Gasteiger partial charge in [0, 0.05) is 24.7 Å². The Labute approximate surface area is 189 Å². The van der Waals surface area contributed by atoms with Crippen molar-refractivity contribution in [2.24, 2.45) is 0 Å². The second-order valence-electron chi connectivity index (χ2n) is 8.86. The maximum atomic E-state index is 12.9. The molecule has 1 atom stereocenters. The first kappa shape index (κ1) is 20.7. The van der Waals surface area contributed by atoms with Gasteiger partial charge in [0.15, 0.2) is 0 Å². The molecule has 5 rings (SSSR count). The fourth-order valence-electron chi connectivity index (χ4n) is 4.94. The van der Waals surface area contributed by atoms with Crippen LogP contribution in [-0.4, -0.2) is 54.3 Å². The lowest BCUT2D eigenvalue weighted by Gasteiger charge is -2.26. The standard InChI is InChI=1S/C27H29N3O2/c1-19(29-14-2-3-15-29)20-7-9-21(10-8-20)24-6-4-5-22-17-23(11-12-25(22)24)27(32)30-16-13-28-26(31)18-30/h4-12,17,19H,2-3,13-16,18H2,1H3,(H,28,31). The summed E-state index contributed by atoms with van der Waals surface area (Å²) in [7, 11) is 0. The minimum Gasteiger partial charge on any atom is -0.353 e. The molecule has 0 spiro atoms. The zero-order valence-electron chi connectivity index (χ0n) is 18.5. The van der Waals surface area contributed by atoms with E-state index in [0.717, 1.165) is 10.8 Å². The van der Waals surface area contributed by atoms with Gasteiger partial charge in [-0.2, -0.15) is 0 Å². The van der Waals surface area contributed by atoms with Gasteiger partial charge in [-0.3, -0.25) is 14.5 Å². The lowest BCUT2D eigenvalue weighted by molar-refractivity contribution is -0.123. The molecule has 2 saturated heterocycles. The molecule has 3 aromatic carbocycles. The molecule has 1 N–H and O–H groups in total. The fraction of sp³-hybridized carbons (Fsp3) is 0.333. The van der Waals surface area contributed by atoms with Gasteiger partial charge in [0.25, 0.3) is 5.91 Å². The third-order valence-corrected chi connectivity index (χ3v) is 6.85. The lowest BCUT2D eigenvalue weighted by Crippen LogP contribution is -2.49. The van der Waals surface area contributed by atoms with Crippen LogP contribution in [0.1, 0.15) is 41.7 Å². The largest absolute Gasteiger partial charge is 0.353 e. The Balaban J connectivity index is 1.41. The summed E-state index contributed by atoms with van der Waals surface area (Å²) in [5.74, 6) is -0.192. The number of amides is 2. The van der Waals surface area contributed by atoms with E-state index in [-0.39, 0.29) is 18.4 Å². The predicted octanol–water partition coefficient (Wildman–Crippen LogP) is 4.24. The monoisotopic (exact) mass is 427 g/mol. The van der Waals surface area contributed by atoms with Crippen LogP contribution >= 0.6 is 0 Å². The molecule has 5 nitrogen and oxygen atoms in total. The molecular formula is C27H29N3O2. The molecule has 1 unspecified atom stereocenters. The van der Waals surface area contributed by atoms with Gasteiger partial charge in [0.1, 0.15) is 0 Å². The highest BCUT2D eigenvalue weighted by molar-refractivity contribution is 6.03. The molecule has 2 heterocycles. The Morgan fingerprint density at radius 2 is 1.75 bits per heavy atom. The van der Waals surface area contributed by atoms with Crippen molar-refractivity contribution in [3.8, 4) is 11.1 Å². The van der Waals surface area contributed by atoms with Gasteiger partial charge in [-0.05, 0) is 72.5 Å². The normalized spacial score (nSPS) is 18.0. The van der Waals surface area contributed by atoms with E-state index in [9.17, 15) is 9.59 Å². The third-order valence-electron chi connectivity index (χ3n) is 6.85. The summed E-state index contributed by atoms with van der Waals surface area (Å²) in [4.78, 5) is 28.7. The van der Waals surface area contributed by atoms with Crippen LogP contribution in [0.5, 0.6) is 0 Å². The number of piperazine rings is 1. The van der Waals surface area contributed by atoms with Crippen LogP contribution in [-0.2, 0) is 4.79 Å². The Morgan fingerprint density at radius 3 is 2.50 bits per heavy atom. The van der Waals surface area contributed by atoms with Crippen LogP contribution in [0, 0.1) is 0 Å². The summed E-state index contributed by atoms with van der Waals surface area (Å²) >= 11 is 0. The molecule has 0 saturated carbocycles. The van der Waals surface area contributed by atoms with E-state index in [1.807, 2.05) is 30.3 Å².